The largest absolute Gasteiger partial charge is 0.371 e. The molecular weight excluding hydrogens is 369 g/mol. The summed E-state index contributed by atoms with van der Waals surface area (Å²) in [7, 11) is 0. The van der Waals surface area contributed by atoms with E-state index in [1.54, 1.807) is 0 Å². The fourth-order valence-electron chi connectivity index (χ4n) is 2.59. The molecule has 3 nitrogen and oxygen atoms in total. The second-order valence-electron chi connectivity index (χ2n) is 6.16. The molecule has 0 spiro atoms. The van der Waals surface area contributed by atoms with Crippen LogP contribution in [0.4, 0.5) is 22.0 Å². The van der Waals surface area contributed by atoms with Crippen LogP contribution in [0.15, 0.2) is 29.5 Å². The van der Waals surface area contributed by atoms with Crippen LogP contribution in [0.5, 0.6) is 0 Å². The third-order valence-corrected chi connectivity index (χ3v) is 3.99. The van der Waals surface area contributed by atoms with E-state index in [0.717, 1.165) is 25.7 Å². The Bertz CT molecular complexity index is 757. The molecule has 0 amide bonds. The number of hydrogen-bond acceptors (Lipinski definition) is 3. The van der Waals surface area contributed by atoms with Crippen LogP contribution in [-0.2, 0) is 4.84 Å². The fourth-order valence-corrected chi connectivity index (χ4v) is 2.59. The summed E-state index contributed by atoms with van der Waals surface area (Å²) in [6, 6.07) is 0. The van der Waals surface area contributed by atoms with Gasteiger partial charge in [-0.15, -0.1) is 0 Å². The van der Waals surface area contributed by atoms with E-state index in [1.165, 1.54) is 6.92 Å². The minimum Gasteiger partial charge on any atom is -0.313 e. The molecule has 0 N–H and O–H groups in total. The first-order chi connectivity index (χ1) is 12.8. The molecule has 0 aliphatic heterocycles. The van der Waals surface area contributed by atoms with Crippen molar-refractivity contribution in [3.8, 4) is 0 Å². The number of oxime groups is 1. The van der Waals surface area contributed by atoms with Gasteiger partial charge in [-0.2, -0.15) is 0 Å². The topological polar surface area (TPSA) is 38.7 Å². The lowest BCUT2D eigenvalue weighted by molar-refractivity contribution is 0.0500. The lowest BCUT2D eigenvalue weighted by Gasteiger charge is -2.08. The molecule has 0 atom stereocenters. The first kappa shape index (κ1) is 20.8. The van der Waals surface area contributed by atoms with Crippen LogP contribution in [0.2, 0.25) is 0 Å². The zero-order valence-electron chi connectivity index (χ0n) is 14.6. The van der Waals surface area contributed by atoms with Gasteiger partial charge in [0.1, 0.15) is 5.56 Å². The molecule has 1 aromatic carbocycles. The molecule has 27 heavy (non-hydrogen) atoms. The van der Waals surface area contributed by atoms with Gasteiger partial charge >= 0.3 is 5.97 Å². The lowest BCUT2D eigenvalue weighted by atomic mass is 10.0. The normalized spacial score (nSPS) is 18.4. The summed E-state index contributed by atoms with van der Waals surface area (Å²) in [6.07, 6.45) is 12.5. The van der Waals surface area contributed by atoms with Gasteiger partial charge in [0.05, 0.1) is 5.71 Å². The number of rotatable bonds is 4. The second kappa shape index (κ2) is 9.43. The molecule has 1 aromatic rings. The van der Waals surface area contributed by atoms with Gasteiger partial charge in [0.25, 0.3) is 0 Å². The maximum Gasteiger partial charge on any atom is 0.371 e. The van der Waals surface area contributed by atoms with E-state index in [2.05, 4.69) is 9.99 Å². The molecule has 1 aliphatic carbocycles. The quantitative estimate of drug-likeness (QED) is 0.128. The van der Waals surface area contributed by atoms with Gasteiger partial charge < -0.3 is 4.84 Å². The van der Waals surface area contributed by atoms with Crippen molar-refractivity contribution >= 4 is 11.7 Å². The van der Waals surface area contributed by atoms with Gasteiger partial charge in [0, 0.05) is 0 Å². The lowest BCUT2D eigenvalue weighted by Crippen LogP contribution is -2.14. The molecule has 8 heteroatoms. The van der Waals surface area contributed by atoms with Crippen LogP contribution < -0.4 is 0 Å². The van der Waals surface area contributed by atoms with E-state index in [-0.39, 0.29) is 5.92 Å². The van der Waals surface area contributed by atoms with Crippen molar-refractivity contribution in [1.82, 2.24) is 0 Å². The monoisotopic (exact) mass is 387 g/mol. The van der Waals surface area contributed by atoms with Gasteiger partial charge in [0.15, 0.2) is 23.3 Å². The molecule has 0 unspecified atom stereocenters. The molecule has 1 aliphatic rings. The van der Waals surface area contributed by atoms with Crippen molar-refractivity contribution < 1.29 is 31.6 Å². The third-order valence-electron chi connectivity index (χ3n) is 3.99. The van der Waals surface area contributed by atoms with Crippen LogP contribution in [0.1, 0.15) is 49.4 Å². The van der Waals surface area contributed by atoms with Crippen molar-refractivity contribution in [3.05, 3.63) is 59.0 Å². The average molecular weight is 387 g/mol. The van der Waals surface area contributed by atoms with E-state index < -0.39 is 40.6 Å². The van der Waals surface area contributed by atoms with Gasteiger partial charge in [0.2, 0.25) is 5.82 Å². The molecule has 0 heterocycles. The minimum atomic E-state index is -2.35. The van der Waals surface area contributed by atoms with Crippen LogP contribution in [-0.4, -0.2) is 11.7 Å². The molecule has 0 saturated carbocycles. The Kier molecular flexibility index (Phi) is 7.27. The van der Waals surface area contributed by atoms with Crippen molar-refractivity contribution in [2.75, 3.05) is 0 Å². The second-order valence-corrected chi connectivity index (χ2v) is 6.16. The maximum atomic E-state index is 13.6. The van der Waals surface area contributed by atoms with E-state index >= 15 is 0 Å². The highest BCUT2D eigenvalue weighted by Gasteiger charge is 2.31. The van der Waals surface area contributed by atoms with Crippen molar-refractivity contribution in [3.63, 3.8) is 0 Å². The van der Waals surface area contributed by atoms with Crippen molar-refractivity contribution in [1.29, 1.82) is 0 Å². The molecule has 0 radical (unpaired) electrons. The Morgan fingerprint density at radius 1 is 0.963 bits per heavy atom. The van der Waals surface area contributed by atoms with E-state index in [1.807, 2.05) is 24.3 Å². The van der Waals surface area contributed by atoms with Gasteiger partial charge in [-0.25, -0.2) is 26.7 Å². The van der Waals surface area contributed by atoms with E-state index in [9.17, 15) is 26.7 Å². The Hall–Kier alpha value is -2.51. The van der Waals surface area contributed by atoms with Crippen LogP contribution in [0.25, 0.3) is 0 Å². The Balaban J connectivity index is 2.12. The Labute approximate surface area is 153 Å². The van der Waals surface area contributed by atoms with Gasteiger partial charge in [-0.05, 0) is 44.9 Å². The molecule has 146 valence electrons. The molecule has 0 saturated heterocycles. The summed E-state index contributed by atoms with van der Waals surface area (Å²) in [5, 5.41) is 3.46. The number of nitrogens with zero attached hydrogens (tertiary/aromatic N) is 1. The highest BCUT2D eigenvalue weighted by molar-refractivity contribution is 5.91. The summed E-state index contributed by atoms with van der Waals surface area (Å²) >= 11 is 0. The summed E-state index contributed by atoms with van der Waals surface area (Å²) in [5.74, 6) is -13.1. The Morgan fingerprint density at radius 3 is 1.96 bits per heavy atom. The number of hydrogen-bond donors (Lipinski definition) is 0. The molecule has 2 rings (SSSR count). The number of carbonyl (C=O) groups is 1. The molecule has 0 fully saturated rings. The number of allylic oxidation sites excluding steroid dienone is 4. The summed E-state index contributed by atoms with van der Waals surface area (Å²) in [6.45, 7) is 1.53. The number of carbonyl (C=O) groups excluding carboxylic acids is 1. The summed E-state index contributed by atoms with van der Waals surface area (Å²) in [5.41, 5.74) is -1.35. The standard InChI is InChI=1S/C19H18F5NO2/c1-11(10-12-8-6-4-2-3-5-7-9-12)25-27-19(26)13-14(20)16(22)18(24)17(23)15(13)21/h6-9,12H,2-5,10H2,1H3/b8-6-,9-7-,25-11?. The highest BCUT2D eigenvalue weighted by atomic mass is 19.2. The molecule has 0 bridgehead atoms. The van der Waals surface area contributed by atoms with Crippen molar-refractivity contribution in [2.24, 2.45) is 11.1 Å². The SMILES string of the molecule is CC(CC1/C=C\CCCC/C=C\1)=NOC(=O)c1c(F)c(F)c(F)c(F)c1F. The Morgan fingerprint density at radius 2 is 1.44 bits per heavy atom. The zero-order chi connectivity index (χ0) is 20.0. The van der Waals surface area contributed by atoms with Crippen LogP contribution in [0, 0.1) is 35.0 Å². The van der Waals surface area contributed by atoms with E-state index in [0.29, 0.717) is 12.1 Å². The molecule has 0 aromatic heterocycles. The maximum absolute atomic E-state index is 13.6. The zero-order valence-corrected chi connectivity index (χ0v) is 14.6. The predicted molar refractivity (Wildman–Crippen MR) is 89.6 cm³/mol. The first-order valence-corrected chi connectivity index (χ1v) is 8.42. The third kappa shape index (κ3) is 5.24. The highest BCUT2D eigenvalue weighted by Crippen LogP contribution is 2.24. The van der Waals surface area contributed by atoms with Gasteiger partial charge in [-0.3, -0.25) is 0 Å². The molecular formula is C19H18F5NO2. The fraction of sp³-hybridized carbons (Fsp3) is 0.368. The summed E-state index contributed by atoms with van der Waals surface area (Å²) < 4.78 is 66.5. The average Bonchev–Trinajstić information content (AvgIpc) is 2.77. The van der Waals surface area contributed by atoms with Crippen LogP contribution in [0.3, 0.4) is 0 Å². The smallest absolute Gasteiger partial charge is 0.313 e. The minimum absolute atomic E-state index is 0.000246. The summed E-state index contributed by atoms with van der Waals surface area (Å²) in [4.78, 5) is 16.1. The number of benzene rings is 1. The first-order valence-electron chi connectivity index (χ1n) is 8.42. The number of halogens is 5. The van der Waals surface area contributed by atoms with E-state index in [4.69, 9.17) is 0 Å². The van der Waals surface area contributed by atoms with Crippen LogP contribution >= 0.6 is 0 Å². The van der Waals surface area contributed by atoms with Gasteiger partial charge in [-0.1, -0.05) is 29.5 Å². The predicted octanol–water partition coefficient (Wildman–Crippen LogP) is 5.61. The van der Waals surface area contributed by atoms with Crippen molar-refractivity contribution in [2.45, 2.75) is 39.0 Å².